The van der Waals surface area contributed by atoms with Gasteiger partial charge in [-0.3, -0.25) is 14.2 Å². The first-order valence-corrected chi connectivity index (χ1v) is 10.6. The molecule has 5 nitrogen and oxygen atoms in total. The zero-order chi connectivity index (χ0) is 20.0. The Morgan fingerprint density at radius 1 is 1.39 bits per heavy atom. The second kappa shape index (κ2) is 7.33. The van der Waals surface area contributed by atoms with E-state index in [1.165, 1.54) is 9.44 Å². The molecule has 1 amide bonds. The second-order valence-electron chi connectivity index (χ2n) is 7.59. The smallest absolute Gasteiger partial charge is 0.263 e. The van der Waals surface area contributed by atoms with Crippen molar-refractivity contribution < 1.29 is 4.79 Å². The summed E-state index contributed by atoms with van der Waals surface area (Å²) in [6.07, 6.45) is 2.99. The summed E-state index contributed by atoms with van der Waals surface area (Å²) in [7, 11) is 0. The number of hydrogen-bond donors (Lipinski definition) is 1. The normalized spacial score (nSPS) is 16.2. The van der Waals surface area contributed by atoms with Gasteiger partial charge in [0.05, 0.1) is 5.39 Å². The van der Waals surface area contributed by atoms with Crippen molar-refractivity contribution in [3.63, 3.8) is 0 Å². The van der Waals surface area contributed by atoms with Crippen LogP contribution in [0.25, 0.3) is 10.2 Å². The maximum Gasteiger partial charge on any atom is 0.263 e. The van der Waals surface area contributed by atoms with E-state index >= 15 is 0 Å². The van der Waals surface area contributed by atoms with E-state index < -0.39 is 0 Å². The lowest BCUT2D eigenvalue weighted by molar-refractivity contribution is -0.116. The summed E-state index contributed by atoms with van der Waals surface area (Å²) >= 11 is 7.75. The van der Waals surface area contributed by atoms with Gasteiger partial charge >= 0.3 is 0 Å². The Hall–Kier alpha value is -2.18. The Bertz CT molecular complexity index is 1150. The minimum Gasteiger partial charge on any atom is -0.324 e. The zero-order valence-electron chi connectivity index (χ0n) is 16.1. The molecule has 0 spiro atoms. The molecule has 1 aromatic carbocycles. The van der Waals surface area contributed by atoms with Gasteiger partial charge in [0, 0.05) is 15.6 Å². The lowest BCUT2D eigenvalue weighted by Gasteiger charge is -2.17. The number of benzene rings is 1. The zero-order valence-corrected chi connectivity index (χ0v) is 17.7. The molecule has 2 aromatic heterocycles. The van der Waals surface area contributed by atoms with Crippen molar-refractivity contribution in [2.24, 2.45) is 5.92 Å². The van der Waals surface area contributed by atoms with Crippen LogP contribution in [-0.4, -0.2) is 15.5 Å². The Kier molecular flexibility index (Phi) is 5.02. The third-order valence-corrected chi connectivity index (χ3v) is 6.92. The molecule has 7 heteroatoms. The number of rotatable bonds is 3. The van der Waals surface area contributed by atoms with Gasteiger partial charge in [-0.15, -0.1) is 11.3 Å². The SMILES string of the molecule is Cc1ccc(NC(=O)Cn2c(C)nc3sc4c(c3c2=O)CCC(C)C4)cc1Cl. The number of aromatic nitrogens is 2. The van der Waals surface area contributed by atoms with E-state index in [9.17, 15) is 9.59 Å². The van der Waals surface area contributed by atoms with E-state index in [0.29, 0.717) is 27.8 Å². The van der Waals surface area contributed by atoms with Crippen molar-refractivity contribution in [3.8, 4) is 0 Å². The lowest BCUT2D eigenvalue weighted by atomic mass is 9.89. The molecule has 146 valence electrons. The number of nitrogens with zero attached hydrogens (tertiary/aromatic N) is 2. The summed E-state index contributed by atoms with van der Waals surface area (Å²) in [5, 5.41) is 4.10. The lowest BCUT2D eigenvalue weighted by Crippen LogP contribution is -2.30. The van der Waals surface area contributed by atoms with Gasteiger partial charge in [0.1, 0.15) is 17.2 Å². The molecule has 0 bridgehead atoms. The van der Waals surface area contributed by atoms with Crippen LogP contribution in [0.1, 0.15) is 35.2 Å². The monoisotopic (exact) mass is 415 g/mol. The average molecular weight is 416 g/mol. The highest BCUT2D eigenvalue weighted by molar-refractivity contribution is 7.18. The average Bonchev–Trinajstić information content (AvgIpc) is 2.98. The fourth-order valence-electron chi connectivity index (χ4n) is 3.73. The number of carbonyl (C=O) groups excluding carboxylic acids is 1. The minimum atomic E-state index is -0.274. The van der Waals surface area contributed by atoms with Crippen molar-refractivity contribution in [3.05, 3.63) is 55.4 Å². The topological polar surface area (TPSA) is 64.0 Å². The molecule has 2 heterocycles. The molecule has 1 aliphatic rings. The first kappa shape index (κ1) is 19.2. The number of amides is 1. The molecule has 1 N–H and O–H groups in total. The summed E-state index contributed by atoms with van der Waals surface area (Å²) in [6.45, 7) is 5.85. The molecular formula is C21H22ClN3O2S. The van der Waals surface area contributed by atoms with Gasteiger partial charge in [-0.2, -0.15) is 0 Å². The van der Waals surface area contributed by atoms with Gasteiger partial charge in [-0.1, -0.05) is 24.6 Å². The van der Waals surface area contributed by atoms with Crippen LogP contribution in [-0.2, 0) is 24.2 Å². The van der Waals surface area contributed by atoms with E-state index in [4.69, 9.17) is 11.6 Å². The van der Waals surface area contributed by atoms with Gasteiger partial charge < -0.3 is 5.32 Å². The Balaban J connectivity index is 1.65. The molecular weight excluding hydrogens is 394 g/mol. The number of anilines is 1. The van der Waals surface area contributed by atoms with Crippen LogP contribution in [0, 0.1) is 19.8 Å². The minimum absolute atomic E-state index is 0.0693. The standard InChI is InChI=1S/C21H22ClN3O2S/c1-11-4-7-15-17(8-11)28-20-19(15)21(27)25(13(3)23-20)10-18(26)24-14-6-5-12(2)16(22)9-14/h5-6,9,11H,4,7-8,10H2,1-3H3,(H,24,26). The third kappa shape index (κ3) is 3.47. The van der Waals surface area contributed by atoms with E-state index in [2.05, 4.69) is 17.2 Å². The summed E-state index contributed by atoms with van der Waals surface area (Å²) in [5.41, 5.74) is 2.57. The van der Waals surface area contributed by atoms with Crippen LogP contribution in [0.4, 0.5) is 5.69 Å². The quantitative estimate of drug-likeness (QED) is 0.685. The van der Waals surface area contributed by atoms with Crippen LogP contribution in [0.3, 0.4) is 0 Å². The largest absolute Gasteiger partial charge is 0.324 e. The van der Waals surface area contributed by atoms with Gasteiger partial charge in [-0.05, 0) is 62.3 Å². The number of halogens is 1. The Morgan fingerprint density at radius 3 is 2.93 bits per heavy atom. The third-order valence-electron chi connectivity index (χ3n) is 5.36. The second-order valence-corrected chi connectivity index (χ2v) is 9.09. The molecule has 0 saturated heterocycles. The number of thiophene rings is 1. The maximum atomic E-state index is 13.2. The highest BCUT2D eigenvalue weighted by atomic mass is 35.5. The van der Waals surface area contributed by atoms with Crippen LogP contribution < -0.4 is 10.9 Å². The number of nitrogens with one attached hydrogen (secondary N) is 1. The first-order valence-electron chi connectivity index (χ1n) is 9.41. The fraction of sp³-hybridized carbons (Fsp3) is 0.381. The van der Waals surface area contributed by atoms with Crippen molar-refractivity contribution in [1.29, 1.82) is 0 Å². The summed E-state index contributed by atoms with van der Waals surface area (Å²) in [6, 6.07) is 5.36. The van der Waals surface area contributed by atoms with Crippen molar-refractivity contribution in [1.82, 2.24) is 9.55 Å². The predicted molar refractivity (Wildman–Crippen MR) is 115 cm³/mol. The van der Waals surface area contributed by atoms with Gasteiger partial charge in [-0.25, -0.2) is 4.98 Å². The molecule has 0 saturated carbocycles. The molecule has 0 fully saturated rings. The van der Waals surface area contributed by atoms with Crippen LogP contribution in [0.5, 0.6) is 0 Å². The Morgan fingerprint density at radius 2 is 2.18 bits per heavy atom. The number of aryl methyl sites for hydroxylation is 3. The van der Waals surface area contributed by atoms with Gasteiger partial charge in [0.25, 0.3) is 5.56 Å². The summed E-state index contributed by atoms with van der Waals surface area (Å²) in [4.78, 5) is 32.4. The van der Waals surface area contributed by atoms with E-state index in [1.807, 2.05) is 13.0 Å². The van der Waals surface area contributed by atoms with E-state index in [1.54, 1.807) is 30.4 Å². The van der Waals surface area contributed by atoms with E-state index in [-0.39, 0.29) is 18.0 Å². The molecule has 0 radical (unpaired) electrons. The number of fused-ring (bicyclic) bond motifs is 3. The predicted octanol–water partition coefficient (Wildman–Crippen LogP) is 4.49. The highest BCUT2D eigenvalue weighted by Crippen LogP contribution is 2.35. The van der Waals surface area contributed by atoms with Crippen LogP contribution in [0.15, 0.2) is 23.0 Å². The molecule has 4 rings (SSSR count). The van der Waals surface area contributed by atoms with E-state index in [0.717, 1.165) is 35.2 Å². The molecule has 3 aromatic rings. The first-order chi connectivity index (χ1) is 13.3. The highest BCUT2D eigenvalue weighted by Gasteiger charge is 2.24. The number of hydrogen-bond acceptors (Lipinski definition) is 4. The van der Waals surface area contributed by atoms with Crippen molar-refractivity contribution >= 4 is 44.7 Å². The number of carbonyl (C=O) groups is 1. The Labute approximate surface area is 172 Å². The van der Waals surface area contributed by atoms with Crippen LogP contribution >= 0.6 is 22.9 Å². The van der Waals surface area contributed by atoms with Gasteiger partial charge in [0.15, 0.2) is 0 Å². The molecule has 1 unspecified atom stereocenters. The van der Waals surface area contributed by atoms with Crippen molar-refractivity contribution in [2.75, 3.05) is 5.32 Å². The summed E-state index contributed by atoms with van der Waals surface area (Å²) in [5.74, 6) is 0.918. The molecule has 0 aliphatic heterocycles. The van der Waals surface area contributed by atoms with Crippen LogP contribution in [0.2, 0.25) is 5.02 Å². The summed E-state index contributed by atoms with van der Waals surface area (Å²) < 4.78 is 1.47. The van der Waals surface area contributed by atoms with Gasteiger partial charge in [0.2, 0.25) is 5.91 Å². The molecule has 28 heavy (non-hydrogen) atoms. The molecule has 1 atom stereocenters. The fourth-order valence-corrected chi connectivity index (χ4v) is 5.33. The molecule has 1 aliphatic carbocycles. The maximum absolute atomic E-state index is 13.2. The van der Waals surface area contributed by atoms with Crippen molar-refractivity contribution in [2.45, 2.75) is 46.6 Å².